The number of carboxylic acids is 1. The van der Waals surface area contributed by atoms with Crippen molar-refractivity contribution >= 4 is 11.8 Å². The zero-order valence-electron chi connectivity index (χ0n) is 12.7. The van der Waals surface area contributed by atoms with E-state index in [1.165, 1.54) is 12.8 Å². The summed E-state index contributed by atoms with van der Waals surface area (Å²) in [5.74, 6) is -0.327. The van der Waals surface area contributed by atoms with Crippen LogP contribution in [-0.4, -0.2) is 51.9 Å². The molecule has 0 unspecified atom stereocenters. The number of aromatic carboxylic acids is 1. The smallest absolute Gasteiger partial charge is 0.341 e. The Kier molecular flexibility index (Phi) is 4.04. The Labute approximate surface area is 119 Å². The van der Waals surface area contributed by atoms with Gasteiger partial charge < -0.3 is 15.3 Å². The third-order valence-corrected chi connectivity index (χ3v) is 4.50. The standard InChI is InChI=1S/C14H24N4O2/c1-10-11(13(19)20)12(18(4)16-10)15-9-14(17(2)3)7-5-6-8-14/h15H,5-9H2,1-4H3,(H,19,20). The quantitative estimate of drug-likeness (QED) is 0.859. The van der Waals surface area contributed by atoms with Crippen molar-refractivity contribution in [3.05, 3.63) is 11.3 Å². The van der Waals surface area contributed by atoms with Gasteiger partial charge in [0.1, 0.15) is 11.4 Å². The Morgan fingerprint density at radius 3 is 2.55 bits per heavy atom. The average Bonchev–Trinajstić information content (AvgIpc) is 2.92. The summed E-state index contributed by atoms with van der Waals surface area (Å²) in [6, 6.07) is 0. The molecule has 6 nitrogen and oxygen atoms in total. The Morgan fingerprint density at radius 1 is 1.45 bits per heavy atom. The van der Waals surface area contributed by atoms with Crippen molar-refractivity contribution in [2.24, 2.45) is 7.05 Å². The predicted octanol–water partition coefficient (Wildman–Crippen LogP) is 1.71. The van der Waals surface area contributed by atoms with E-state index in [1.54, 1.807) is 18.7 Å². The number of anilines is 1. The molecule has 1 aromatic rings. The molecule has 0 atom stereocenters. The predicted molar refractivity (Wildman–Crippen MR) is 78.3 cm³/mol. The number of nitrogens with zero attached hydrogens (tertiary/aromatic N) is 3. The monoisotopic (exact) mass is 280 g/mol. The minimum atomic E-state index is -0.927. The molecule has 1 aliphatic carbocycles. The lowest BCUT2D eigenvalue weighted by atomic mass is 9.96. The minimum Gasteiger partial charge on any atom is -0.477 e. The van der Waals surface area contributed by atoms with Crippen LogP contribution in [0.4, 0.5) is 5.82 Å². The molecular weight excluding hydrogens is 256 g/mol. The largest absolute Gasteiger partial charge is 0.477 e. The number of nitrogens with one attached hydrogen (secondary N) is 1. The molecule has 2 rings (SSSR count). The summed E-state index contributed by atoms with van der Waals surface area (Å²) in [5.41, 5.74) is 0.945. The topological polar surface area (TPSA) is 70.4 Å². The summed E-state index contributed by atoms with van der Waals surface area (Å²) >= 11 is 0. The number of hydrogen-bond donors (Lipinski definition) is 2. The van der Waals surface area contributed by atoms with E-state index < -0.39 is 5.97 Å². The number of carbonyl (C=O) groups is 1. The molecule has 0 bridgehead atoms. The van der Waals surface area contributed by atoms with Crippen LogP contribution in [0.1, 0.15) is 41.7 Å². The van der Waals surface area contributed by atoms with Crippen LogP contribution >= 0.6 is 0 Å². The fourth-order valence-electron chi connectivity index (χ4n) is 3.18. The van der Waals surface area contributed by atoms with Crippen LogP contribution in [0, 0.1) is 6.92 Å². The van der Waals surface area contributed by atoms with Crippen molar-refractivity contribution in [1.82, 2.24) is 14.7 Å². The van der Waals surface area contributed by atoms with Crippen molar-refractivity contribution < 1.29 is 9.90 Å². The van der Waals surface area contributed by atoms with Crippen molar-refractivity contribution in [2.75, 3.05) is 26.0 Å². The second-order valence-electron chi connectivity index (χ2n) is 5.92. The molecule has 0 aromatic carbocycles. The lowest BCUT2D eigenvalue weighted by Crippen LogP contribution is -2.47. The van der Waals surface area contributed by atoms with Gasteiger partial charge in [-0.1, -0.05) is 12.8 Å². The molecule has 1 heterocycles. The summed E-state index contributed by atoms with van der Waals surface area (Å²) in [5, 5.41) is 16.9. The van der Waals surface area contributed by atoms with E-state index in [1.807, 2.05) is 0 Å². The maximum Gasteiger partial charge on any atom is 0.341 e. The average molecular weight is 280 g/mol. The summed E-state index contributed by atoms with van der Waals surface area (Å²) < 4.78 is 1.62. The van der Waals surface area contributed by atoms with E-state index in [4.69, 9.17) is 0 Å². The highest BCUT2D eigenvalue weighted by molar-refractivity contribution is 5.94. The fourth-order valence-corrected chi connectivity index (χ4v) is 3.18. The molecule has 112 valence electrons. The van der Waals surface area contributed by atoms with Crippen molar-refractivity contribution in [1.29, 1.82) is 0 Å². The lowest BCUT2D eigenvalue weighted by Gasteiger charge is -2.36. The summed E-state index contributed by atoms with van der Waals surface area (Å²) in [6.45, 7) is 2.48. The second-order valence-corrected chi connectivity index (χ2v) is 5.92. The van der Waals surface area contributed by atoms with E-state index in [0.717, 1.165) is 19.4 Å². The lowest BCUT2D eigenvalue weighted by molar-refractivity contribution is 0.0697. The maximum atomic E-state index is 11.4. The molecule has 0 radical (unpaired) electrons. The number of hydrogen-bond acceptors (Lipinski definition) is 4. The van der Waals surface area contributed by atoms with Crippen LogP contribution in [0.3, 0.4) is 0 Å². The van der Waals surface area contributed by atoms with Crippen molar-refractivity contribution in [3.63, 3.8) is 0 Å². The van der Waals surface area contributed by atoms with E-state index in [9.17, 15) is 9.90 Å². The van der Waals surface area contributed by atoms with Crippen LogP contribution < -0.4 is 5.32 Å². The first-order chi connectivity index (χ1) is 9.37. The summed E-state index contributed by atoms with van der Waals surface area (Å²) in [4.78, 5) is 13.6. The number of aromatic nitrogens is 2. The number of carboxylic acid groups (broad SMARTS) is 1. The zero-order chi connectivity index (χ0) is 14.9. The van der Waals surface area contributed by atoms with Crippen LogP contribution in [0.15, 0.2) is 0 Å². The number of likely N-dealkylation sites (N-methyl/N-ethyl adjacent to an activating group) is 1. The summed E-state index contributed by atoms with van der Waals surface area (Å²) in [7, 11) is 5.97. The Bertz CT molecular complexity index is 502. The molecule has 1 saturated carbocycles. The number of rotatable bonds is 5. The van der Waals surface area contributed by atoms with Gasteiger partial charge in [-0.05, 0) is 33.9 Å². The van der Waals surface area contributed by atoms with Crippen LogP contribution in [0.25, 0.3) is 0 Å². The first-order valence-corrected chi connectivity index (χ1v) is 7.05. The minimum absolute atomic E-state index is 0.119. The van der Waals surface area contributed by atoms with E-state index in [0.29, 0.717) is 11.5 Å². The molecule has 20 heavy (non-hydrogen) atoms. The molecule has 0 aliphatic heterocycles. The van der Waals surface area contributed by atoms with Gasteiger partial charge in [-0.2, -0.15) is 5.10 Å². The van der Waals surface area contributed by atoms with Gasteiger partial charge in [0.2, 0.25) is 0 Å². The van der Waals surface area contributed by atoms with E-state index >= 15 is 0 Å². The first kappa shape index (κ1) is 14.8. The Hall–Kier alpha value is -1.56. The van der Waals surface area contributed by atoms with Gasteiger partial charge in [-0.3, -0.25) is 4.68 Å². The third kappa shape index (κ3) is 2.52. The molecule has 0 amide bonds. The normalized spacial score (nSPS) is 17.6. The van der Waals surface area contributed by atoms with E-state index in [-0.39, 0.29) is 11.1 Å². The molecule has 0 saturated heterocycles. The fraction of sp³-hybridized carbons (Fsp3) is 0.714. The zero-order valence-corrected chi connectivity index (χ0v) is 12.7. The molecule has 1 fully saturated rings. The van der Waals surface area contributed by atoms with Crippen LogP contribution in [0.5, 0.6) is 0 Å². The molecular formula is C14H24N4O2. The SMILES string of the molecule is Cc1nn(C)c(NCC2(N(C)C)CCCC2)c1C(=O)O. The van der Waals surface area contributed by atoms with Gasteiger partial charge in [0.25, 0.3) is 0 Å². The van der Waals surface area contributed by atoms with Gasteiger partial charge >= 0.3 is 5.97 Å². The number of aryl methyl sites for hydroxylation is 2. The van der Waals surface area contributed by atoms with Crippen molar-refractivity contribution in [2.45, 2.75) is 38.1 Å². The van der Waals surface area contributed by atoms with Crippen LogP contribution in [-0.2, 0) is 7.05 Å². The second kappa shape index (κ2) is 5.44. The molecule has 0 spiro atoms. The van der Waals surface area contributed by atoms with Gasteiger partial charge in [0.05, 0.1) is 5.69 Å². The molecule has 1 aliphatic rings. The van der Waals surface area contributed by atoms with Gasteiger partial charge in [0, 0.05) is 19.1 Å². The van der Waals surface area contributed by atoms with Gasteiger partial charge in [0.15, 0.2) is 0 Å². The van der Waals surface area contributed by atoms with Crippen LogP contribution in [0.2, 0.25) is 0 Å². The molecule has 1 aromatic heterocycles. The van der Waals surface area contributed by atoms with Crippen molar-refractivity contribution in [3.8, 4) is 0 Å². The highest BCUT2D eigenvalue weighted by Gasteiger charge is 2.36. The molecule has 6 heteroatoms. The molecule has 2 N–H and O–H groups in total. The first-order valence-electron chi connectivity index (χ1n) is 7.05. The highest BCUT2D eigenvalue weighted by atomic mass is 16.4. The Morgan fingerprint density at radius 2 is 2.05 bits per heavy atom. The summed E-state index contributed by atoms with van der Waals surface area (Å²) in [6.07, 6.45) is 4.75. The maximum absolute atomic E-state index is 11.4. The highest BCUT2D eigenvalue weighted by Crippen LogP contribution is 2.34. The van der Waals surface area contributed by atoms with Gasteiger partial charge in [-0.15, -0.1) is 0 Å². The third-order valence-electron chi connectivity index (χ3n) is 4.50. The van der Waals surface area contributed by atoms with Gasteiger partial charge in [-0.25, -0.2) is 4.79 Å². The van der Waals surface area contributed by atoms with E-state index in [2.05, 4.69) is 29.4 Å². The Balaban J connectivity index is 2.20.